The maximum Gasteiger partial charge on any atom is 0.374 e. The average Bonchev–Trinajstić information content (AvgIpc) is 3.50. The summed E-state index contributed by atoms with van der Waals surface area (Å²) in [4.78, 5) is 67.1. The summed E-state index contributed by atoms with van der Waals surface area (Å²) in [6, 6.07) is 12.6. The van der Waals surface area contributed by atoms with E-state index in [2.05, 4.69) is 4.98 Å². The zero-order valence-electron chi connectivity index (χ0n) is 21.0. The van der Waals surface area contributed by atoms with E-state index in [1.54, 1.807) is 62.4 Å². The van der Waals surface area contributed by atoms with E-state index in [4.69, 9.17) is 14.2 Å². The van der Waals surface area contributed by atoms with Crippen LogP contribution in [0.3, 0.4) is 0 Å². The second-order valence-electron chi connectivity index (χ2n) is 8.45. The largest absolute Gasteiger partial charge is 0.461 e. The zero-order valence-corrected chi connectivity index (χ0v) is 21.0. The summed E-state index contributed by atoms with van der Waals surface area (Å²) in [5.74, 6) is -2.93. The van der Waals surface area contributed by atoms with Gasteiger partial charge in [-0.2, -0.15) is 0 Å². The molecule has 1 aliphatic carbocycles. The summed E-state index contributed by atoms with van der Waals surface area (Å²) in [5, 5.41) is 0. The Labute approximate surface area is 218 Å². The normalized spacial score (nSPS) is 14.1. The number of imidazole rings is 1. The maximum absolute atomic E-state index is 13.4. The standard InChI is InChI=1S/C28H26N2O8/c1-3-36-27(34)21-15-30(26(29-21)28(35)37-4-2)22-14-20-18(11-8-12-19(20)25(22)33)13-24(32)38-16-23(31)17-9-6-5-7-10-17/h5-12,15,22H,3-4,13-14,16H2,1-2H3. The maximum atomic E-state index is 13.4. The van der Waals surface area contributed by atoms with Gasteiger partial charge in [0.1, 0.15) is 6.04 Å². The quantitative estimate of drug-likeness (QED) is 0.226. The molecule has 0 saturated heterocycles. The molecule has 2 aromatic carbocycles. The van der Waals surface area contributed by atoms with Crippen molar-refractivity contribution in [2.45, 2.75) is 32.7 Å². The fourth-order valence-electron chi connectivity index (χ4n) is 4.30. The van der Waals surface area contributed by atoms with Crippen molar-refractivity contribution in [3.63, 3.8) is 0 Å². The first-order valence-electron chi connectivity index (χ1n) is 12.2. The Morgan fingerprint density at radius 2 is 1.63 bits per heavy atom. The second-order valence-corrected chi connectivity index (χ2v) is 8.45. The minimum absolute atomic E-state index is 0.0817. The van der Waals surface area contributed by atoms with Gasteiger partial charge in [0.15, 0.2) is 23.9 Å². The van der Waals surface area contributed by atoms with Crippen molar-refractivity contribution in [2.75, 3.05) is 19.8 Å². The van der Waals surface area contributed by atoms with Crippen LogP contribution in [0.2, 0.25) is 0 Å². The fraction of sp³-hybridized carbons (Fsp3) is 0.286. The van der Waals surface area contributed by atoms with Crippen LogP contribution >= 0.6 is 0 Å². The molecular formula is C28H26N2O8. The number of ether oxygens (including phenoxy) is 3. The van der Waals surface area contributed by atoms with E-state index in [9.17, 15) is 24.0 Å². The highest BCUT2D eigenvalue weighted by molar-refractivity contribution is 6.05. The lowest BCUT2D eigenvalue weighted by molar-refractivity contribution is -0.141. The molecule has 10 nitrogen and oxygen atoms in total. The van der Waals surface area contributed by atoms with Crippen LogP contribution in [0.25, 0.3) is 0 Å². The number of carbonyl (C=O) groups is 5. The van der Waals surface area contributed by atoms with E-state index in [0.29, 0.717) is 22.3 Å². The van der Waals surface area contributed by atoms with Gasteiger partial charge in [0, 0.05) is 23.7 Å². The van der Waals surface area contributed by atoms with E-state index in [1.807, 2.05) is 0 Å². The van der Waals surface area contributed by atoms with Crippen LogP contribution < -0.4 is 0 Å². The topological polar surface area (TPSA) is 131 Å². The monoisotopic (exact) mass is 518 g/mol. The number of carbonyl (C=O) groups excluding carboxylic acids is 5. The number of Topliss-reactive ketones (excluding diaryl/α,β-unsaturated/α-hetero) is 2. The summed E-state index contributed by atoms with van der Waals surface area (Å²) in [6.07, 6.45) is 1.32. The van der Waals surface area contributed by atoms with Gasteiger partial charge in [-0.1, -0.05) is 48.5 Å². The Morgan fingerprint density at radius 1 is 0.921 bits per heavy atom. The van der Waals surface area contributed by atoms with Crippen molar-refractivity contribution < 1.29 is 38.2 Å². The van der Waals surface area contributed by atoms with Crippen LogP contribution in [0, 0.1) is 0 Å². The lowest BCUT2D eigenvalue weighted by atomic mass is 10.0. The third kappa shape index (κ3) is 5.54. The smallest absolute Gasteiger partial charge is 0.374 e. The van der Waals surface area contributed by atoms with E-state index < -0.39 is 30.6 Å². The second kappa shape index (κ2) is 11.6. The molecule has 0 aliphatic heterocycles. The average molecular weight is 519 g/mol. The highest BCUT2D eigenvalue weighted by atomic mass is 16.5. The van der Waals surface area contributed by atoms with Crippen molar-refractivity contribution in [3.05, 3.63) is 88.5 Å². The summed E-state index contributed by atoms with van der Waals surface area (Å²) in [5.41, 5.74) is 1.90. The lowest BCUT2D eigenvalue weighted by Gasteiger charge is -2.13. The SMILES string of the molecule is CCOC(=O)c1cn(C2Cc3c(CC(=O)OCC(=O)c4ccccc4)cccc3C2=O)c(C(=O)OCC)n1. The van der Waals surface area contributed by atoms with Crippen molar-refractivity contribution in [1.29, 1.82) is 0 Å². The van der Waals surface area contributed by atoms with Gasteiger partial charge in [0.2, 0.25) is 5.82 Å². The van der Waals surface area contributed by atoms with Gasteiger partial charge in [-0.25, -0.2) is 14.6 Å². The number of rotatable bonds is 10. The molecule has 3 aromatic rings. The molecule has 1 aliphatic rings. The van der Waals surface area contributed by atoms with Gasteiger partial charge < -0.3 is 18.8 Å². The molecule has 0 amide bonds. The van der Waals surface area contributed by atoms with Gasteiger partial charge in [0.25, 0.3) is 0 Å². The molecule has 0 fully saturated rings. The van der Waals surface area contributed by atoms with Crippen LogP contribution in [0.5, 0.6) is 0 Å². The number of benzene rings is 2. The van der Waals surface area contributed by atoms with Crippen molar-refractivity contribution in [2.24, 2.45) is 0 Å². The minimum Gasteiger partial charge on any atom is -0.461 e. The first-order valence-corrected chi connectivity index (χ1v) is 12.2. The highest BCUT2D eigenvalue weighted by Crippen LogP contribution is 2.34. The molecule has 0 spiro atoms. The number of esters is 3. The summed E-state index contributed by atoms with van der Waals surface area (Å²) in [6.45, 7) is 3.08. The Kier molecular flexibility index (Phi) is 8.10. The Balaban J connectivity index is 1.54. The van der Waals surface area contributed by atoms with Gasteiger partial charge in [-0.15, -0.1) is 0 Å². The fourth-order valence-corrected chi connectivity index (χ4v) is 4.30. The molecule has 10 heteroatoms. The number of hydrogen-bond donors (Lipinski definition) is 0. The van der Waals surface area contributed by atoms with E-state index in [1.165, 1.54) is 10.8 Å². The molecule has 1 heterocycles. The van der Waals surface area contributed by atoms with Crippen LogP contribution in [-0.2, 0) is 31.8 Å². The van der Waals surface area contributed by atoms with Crippen molar-refractivity contribution in [3.8, 4) is 0 Å². The predicted octanol–water partition coefficient (Wildman–Crippen LogP) is 3.19. The Hall–Kier alpha value is -4.60. The van der Waals surface area contributed by atoms with E-state index in [-0.39, 0.29) is 49.1 Å². The molecule has 1 atom stereocenters. The number of ketones is 2. The molecule has 38 heavy (non-hydrogen) atoms. The Morgan fingerprint density at radius 3 is 2.34 bits per heavy atom. The number of fused-ring (bicyclic) bond motifs is 1. The first-order chi connectivity index (χ1) is 18.3. The van der Waals surface area contributed by atoms with Crippen molar-refractivity contribution in [1.82, 2.24) is 9.55 Å². The first kappa shape index (κ1) is 26.5. The molecule has 0 saturated carbocycles. The summed E-state index contributed by atoms with van der Waals surface area (Å²) < 4.78 is 16.6. The molecule has 1 aromatic heterocycles. The summed E-state index contributed by atoms with van der Waals surface area (Å²) in [7, 11) is 0. The van der Waals surface area contributed by atoms with Crippen LogP contribution in [-0.4, -0.2) is 58.8 Å². The van der Waals surface area contributed by atoms with Gasteiger partial charge in [-0.3, -0.25) is 14.4 Å². The molecule has 0 bridgehead atoms. The minimum atomic E-state index is -0.878. The highest BCUT2D eigenvalue weighted by Gasteiger charge is 2.37. The molecule has 0 radical (unpaired) electrons. The van der Waals surface area contributed by atoms with E-state index >= 15 is 0 Å². The third-order valence-corrected chi connectivity index (χ3v) is 6.04. The molecule has 1 unspecified atom stereocenters. The predicted molar refractivity (Wildman–Crippen MR) is 133 cm³/mol. The van der Waals surface area contributed by atoms with Gasteiger partial charge in [0.05, 0.1) is 19.6 Å². The molecule has 196 valence electrons. The van der Waals surface area contributed by atoms with Crippen LogP contribution in [0.1, 0.15) is 72.8 Å². The Bertz CT molecular complexity index is 1390. The van der Waals surface area contributed by atoms with Gasteiger partial charge >= 0.3 is 17.9 Å². The summed E-state index contributed by atoms with van der Waals surface area (Å²) >= 11 is 0. The molecule has 0 N–H and O–H groups in total. The third-order valence-electron chi connectivity index (χ3n) is 6.04. The zero-order chi connectivity index (χ0) is 27.2. The lowest BCUT2D eigenvalue weighted by Crippen LogP contribution is -2.21. The van der Waals surface area contributed by atoms with E-state index in [0.717, 1.165) is 0 Å². The van der Waals surface area contributed by atoms with Gasteiger partial charge in [-0.05, 0) is 25.0 Å². The number of hydrogen-bond acceptors (Lipinski definition) is 9. The van der Waals surface area contributed by atoms with Crippen molar-refractivity contribution >= 4 is 29.5 Å². The van der Waals surface area contributed by atoms with Crippen LogP contribution in [0.15, 0.2) is 54.7 Å². The number of nitrogens with zero attached hydrogens (tertiary/aromatic N) is 2. The number of aromatic nitrogens is 2. The molecule has 4 rings (SSSR count). The van der Waals surface area contributed by atoms with Crippen LogP contribution in [0.4, 0.5) is 0 Å². The molecular weight excluding hydrogens is 492 g/mol.